The van der Waals surface area contributed by atoms with Crippen LogP contribution in [0.15, 0.2) is 47.8 Å². The van der Waals surface area contributed by atoms with Gasteiger partial charge >= 0.3 is 0 Å². The van der Waals surface area contributed by atoms with Crippen molar-refractivity contribution < 1.29 is 14.3 Å². The number of aromatic nitrogens is 5. The summed E-state index contributed by atoms with van der Waals surface area (Å²) in [6, 6.07) is 4.97. The molecule has 0 saturated heterocycles. The van der Waals surface area contributed by atoms with E-state index in [0.29, 0.717) is 46.0 Å². The van der Waals surface area contributed by atoms with Crippen LogP contribution in [-0.2, 0) is 13.5 Å². The minimum atomic E-state index is -0.276. The summed E-state index contributed by atoms with van der Waals surface area (Å²) in [4.78, 5) is 41.6. The molecule has 192 valence electrons. The zero-order chi connectivity index (χ0) is 26.5. The zero-order valence-corrected chi connectivity index (χ0v) is 21.3. The lowest BCUT2D eigenvalue weighted by molar-refractivity contribution is 0.0939. The number of aromatic amines is 1. The maximum Gasteiger partial charge on any atom is 0.293 e. The fraction of sp³-hybridized carbons (Fsp3) is 0.269. The van der Waals surface area contributed by atoms with Gasteiger partial charge in [0.25, 0.3) is 11.5 Å². The molecule has 1 atom stereocenters. The van der Waals surface area contributed by atoms with Crippen LogP contribution in [0.5, 0.6) is 11.5 Å². The van der Waals surface area contributed by atoms with Crippen LogP contribution in [0, 0.1) is 0 Å². The number of hydrogen-bond acceptors (Lipinski definition) is 8. The lowest BCUT2D eigenvalue weighted by atomic mass is 10.1. The number of H-pyrrole nitrogens is 1. The second kappa shape index (κ2) is 10.9. The van der Waals surface area contributed by atoms with E-state index >= 15 is 0 Å². The number of methoxy groups -OCH3 is 2. The predicted octanol–water partition coefficient (Wildman–Crippen LogP) is 3.21. The Balaban J connectivity index is 1.61. The quantitative estimate of drug-likeness (QED) is 0.317. The Morgan fingerprint density at radius 2 is 2.05 bits per heavy atom. The van der Waals surface area contributed by atoms with Gasteiger partial charge in [0.15, 0.2) is 5.75 Å². The number of aryl methyl sites for hydroxylation is 1. The van der Waals surface area contributed by atoms with E-state index in [1.165, 1.54) is 18.8 Å². The molecule has 1 aromatic carbocycles. The van der Waals surface area contributed by atoms with Crippen molar-refractivity contribution in [1.82, 2.24) is 29.8 Å². The molecule has 0 aliphatic rings. The third-order valence-corrected chi connectivity index (χ3v) is 5.82. The van der Waals surface area contributed by atoms with Gasteiger partial charge < -0.3 is 29.7 Å². The van der Waals surface area contributed by atoms with E-state index in [9.17, 15) is 9.59 Å². The average Bonchev–Trinajstić information content (AvgIpc) is 3.40. The molecule has 3 N–H and O–H groups in total. The molecule has 0 aliphatic heterocycles. The van der Waals surface area contributed by atoms with Crippen molar-refractivity contribution in [2.45, 2.75) is 26.3 Å². The molecule has 0 radical (unpaired) electrons. The maximum absolute atomic E-state index is 12.8. The first-order valence-corrected chi connectivity index (χ1v) is 11.7. The summed E-state index contributed by atoms with van der Waals surface area (Å²) in [7, 11) is 4.62. The van der Waals surface area contributed by atoms with E-state index in [1.54, 1.807) is 50.0 Å². The van der Waals surface area contributed by atoms with Crippen molar-refractivity contribution in [1.29, 1.82) is 0 Å². The maximum atomic E-state index is 12.8. The smallest absolute Gasteiger partial charge is 0.293 e. The molecule has 0 aliphatic carbocycles. The molecule has 3 heterocycles. The van der Waals surface area contributed by atoms with E-state index in [0.717, 1.165) is 5.69 Å². The fourth-order valence-electron chi connectivity index (χ4n) is 4.01. The molecule has 0 bridgehead atoms. The summed E-state index contributed by atoms with van der Waals surface area (Å²) in [6.07, 6.45) is 9.19. The van der Waals surface area contributed by atoms with Crippen molar-refractivity contribution in [3.05, 3.63) is 70.2 Å². The van der Waals surface area contributed by atoms with Crippen LogP contribution < -0.4 is 25.7 Å². The summed E-state index contributed by atoms with van der Waals surface area (Å²) in [6.45, 7) is 3.77. The van der Waals surface area contributed by atoms with Gasteiger partial charge in [-0.15, -0.1) is 0 Å². The summed E-state index contributed by atoms with van der Waals surface area (Å²) in [5.41, 5.74) is 3.30. The van der Waals surface area contributed by atoms with E-state index in [1.807, 2.05) is 19.9 Å². The number of imidazole rings is 1. The van der Waals surface area contributed by atoms with Crippen LogP contribution in [0.3, 0.4) is 0 Å². The Morgan fingerprint density at radius 1 is 1.24 bits per heavy atom. The van der Waals surface area contributed by atoms with Crippen LogP contribution in [0.2, 0.25) is 0 Å². The lowest BCUT2D eigenvalue weighted by Crippen LogP contribution is -2.34. The lowest BCUT2D eigenvalue weighted by Gasteiger charge is -2.16. The van der Waals surface area contributed by atoms with Crippen molar-refractivity contribution in [3.8, 4) is 11.5 Å². The number of anilines is 2. The van der Waals surface area contributed by atoms with Crippen molar-refractivity contribution >= 4 is 34.7 Å². The van der Waals surface area contributed by atoms with Gasteiger partial charge in [-0.2, -0.15) is 0 Å². The van der Waals surface area contributed by atoms with E-state index in [2.05, 4.69) is 30.6 Å². The van der Waals surface area contributed by atoms with Gasteiger partial charge in [0.1, 0.15) is 11.3 Å². The van der Waals surface area contributed by atoms with Gasteiger partial charge in [0, 0.05) is 31.3 Å². The summed E-state index contributed by atoms with van der Waals surface area (Å²) in [5.74, 6) is 0.719. The molecule has 4 aromatic rings. The van der Waals surface area contributed by atoms with E-state index in [4.69, 9.17) is 9.47 Å². The molecule has 1 amide bonds. The van der Waals surface area contributed by atoms with Crippen LogP contribution in [0.25, 0.3) is 17.1 Å². The number of hydrogen-bond donors (Lipinski definition) is 3. The molecule has 0 unspecified atom stereocenters. The molecule has 37 heavy (non-hydrogen) atoms. The molecular formula is C26H29N7O4. The number of allylic oxidation sites excluding steroid dienone is 1. The average molecular weight is 504 g/mol. The van der Waals surface area contributed by atoms with Gasteiger partial charge in [-0.1, -0.05) is 12.2 Å². The number of rotatable bonds is 9. The first-order valence-electron chi connectivity index (χ1n) is 11.7. The molecule has 0 saturated carbocycles. The number of benzene rings is 1. The fourth-order valence-corrected chi connectivity index (χ4v) is 4.01. The Morgan fingerprint density at radius 3 is 2.73 bits per heavy atom. The first-order chi connectivity index (χ1) is 17.9. The van der Waals surface area contributed by atoms with Crippen molar-refractivity contribution in [3.63, 3.8) is 0 Å². The van der Waals surface area contributed by atoms with Gasteiger partial charge in [0.2, 0.25) is 5.95 Å². The SMILES string of the molecule is CC=Cc1c(OC)c(=O)n(C)c2cnc(Nc3ccc(C(=O)N[C@@H](C)Cc4c[nH]cn4)cc3OC)nc12. The highest BCUT2D eigenvalue weighted by atomic mass is 16.5. The van der Waals surface area contributed by atoms with Gasteiger partial charge in [-0.25, -0.2) is 15.0 Å². The molecule has 4 rings (SSSR count). The molecule has 11 heteroatoms. The van der Waals surface area contributed by atoms with Gasteiger partial charge in [0.05, 0.1) is 49.2 Å². The topological polar surface area (TPSA) is 136 Å². The van der Waals surface area contributed by atoms with Crippen LogP contribution >= 0.6 is 0 Å². The Kier molecular flexibility index (Phi) is 7.52. The minimum Gasteiger partial charge on any atom is -0.495 e. The van der Waals surface area contributed by atoms with E-state index in [-0.39, 0.29) is 23.3 Å². The summed E-state index contributed by atoms with van der Waals surface area (Å²) < 4.78 is 12.4. The highest BCUT2D eigenvalue weighted by Gasteiger charge is 2.18. The Hall–Kier alpha value is -4.67. The first kappa shape index (κ1) is 25.4. The molecular weight excluding hydrogens is 474 g/mol. The standard InChI is InChI=1S/C26H29N7O4/c1-6-7-18-22-20(33(3)25(35)23(18)37-5)13-28-26(32-22)31-19-9-8-16(11-21(19)36-4)24(34)30-15(2)10-17-12-27-14-29-17/h6-9,11-15H,10H2,1-5H3,(H,27,29)(H,30,34)(H,28,31,32)/t15-/m0/s1. The van der Waals surface area contributed by atoms with Crippen molar-refractivity contribution in [2.75, 3.05) is 19.5 Å². The number of amides is 1. The largest absolute Gasteiger partial charge is 0.495 e. The molecule has 0 fully saturated rings. The number of fused-ring (bicyclic) bond motifs is 1. The number of nitrogens with one attached hydrogen (secondary N) is 3. The number of carbonyl (C=O) groups excluding carboxylic acids is 1. The predicted molar refractivity (Wildman–Crippen MR) is 142 cm³/mol. The minimum absolute atomic E-state index is 0.107. The summed E-state index contributed by atoms with van der Waals surface area (Å²) in [5, 5.41) is 6.12. The number of ether oxygens (including phenoxy) is 2. The highest BCUT2D eigenvalue weighted by molar-refractivity contribution is 5.95. The van der Waals surface area contributed by atoms with Crippen LogP contribution in [0.4, 0.5) is 11.6 Å². The van der Waals surface area contributed by atoms with Gasteiger partial charge in [-0.3, -0.25) is 9.59 Å². The van der Waals surface area contributed by atoms with Crippen LogP contribution in [-0.4, -0.2) is 50.7 Å². The second-order valence-electron chi connectivity index (χ2n) is 8.42. The van der Waals surface area contributed by atoms with E-state index < -0.39 is 0 Å². The third kappa shape index (κ3) is 5.30. The number of nitrogens with zero attached hydrogens (tertiary/aromatic N) is 4. The van der Waals surface area contributed by atoms with Crippen LogP contribution in [0.1, 0.15) is 35.5 Å². The zero-order valence-electron chi connectivity index (χ0n) is 21.3. The number of pyridine rings is 1. The summed E-state index contributed by atoms with van der Waals surface area (Å²) >= 11 is 0. The Bertz CT molecular complexity index is 1510. The Labute approximate surface area is 213 Å². The van der Waals surface area contributed by atoms with Crippen molar-refractivity contribution in [2.24, 2.45) is 7.05 Å². The molecule has 3 aromatic heterocycles. The number of carbonyl (C=O) groups is 1. The normalized spacial score (nSPS) is 12.0. The second-order valence-corrected chi connectivity index (χ2v) is 8.42. The third-order valence-electron chi connectivity index (χ3n) is 5.82. The molecule has 11 nitrogen and oxygen atoms in total. The monoisotopic (exact) mass is 503 g/mol. The van der Waals surface area contributed by atoms with Gasteiger partial charge in [-0.05, 0) is 32.0 Å². The molecule has 0 spiro atoms. The highest BCUT2D eigenvalue weighted by Crippen LogP contribution is 2.30.